The molecular formula is C26H30ClF2N5O. The van der Waals surface area contributed by atoms with Gasteiger partial charge in [0.25, 0.3) is 5.91 Å². The van der Waals surface area contributed by atoms with Crippen molar-refractivity contribution in [3.63, 3.8) is 0 Å². The van der Waals surface area contributed by atoms with Crippen LogP contribution in [-0.2, 0) is 0 Å². The molecule has 6 nitrogen and oxygen atoms in total. The molecule has 0 bridgehead atoms. The number of amides is 1. The highest BCUT2D eigenvalue weighted by molar-refractivity contribution is 6.31. The second-order valence-electron chi connectivity index (χ2n) is 10.7. The molecule has 3 heterocycles. The Bertz CT molecular complexity index is 1250. The summed E-state index contributed by atoms with van der Waals surface area (Å²) < 4.78 is 30.2. The molecule has 1 aliphatic heterocycles. The summed E-state index contributed by atoms with van der Waals surface area (Å²) in [6.45, 7) is 11.6. The van der Waals surface area contributed by atoms with Gasteiger partial charge in [0.05, 0.1) is 5.69 Å². The number of fused-ring (bicyclic) bond motifs is 2. The van der Waals surface area contributed by atoms with E-state index in [1.807, 2.05) is 4.90 Å². The van der Waals surface area contributed by atoms with Gasteiger partial charge in [0, 0.05) is 43.9 Å². The van der Waals surface area contributed by atoms with Crippen molar-refractivity contribution in [2.45, 2.75) is 34.1 Å². The summed E-state index contributed by atoms with van der Waals surface area (Å²) in [5, 5.41) is 4.12. The Morgan fingerprint density at radius 1 is 1.06 bits per heavy atom. The second kappa shape index (κ2) is 9.04. The number of piperidine rings is 1. The summed E-state index contributed by atoms with van der Waals surface area (Å²) in [5.41, 5.74) is 1.45. The lowest BCUT2D eigenvalue weighted by Crippen LogP contribution is -2.33. The predicted molar refractivity (Wildman–Crippen MR) is 133 cm³/mol. The Hall–Kier alpha value is -2.74. The summed E-state index contributed by atoms with van der Waals surface area (Å²) in [6, 6.07) is 5.82. The highest BCUT2D eigenvalue weighted by atomic mass is 35.5. The number of benzene rings is 1. The molecule has 35 heavy (non-hydrogen) atoms. The van der Waals surface area contributed by atoms with E-state index < -0.39 is 16.7 Å². The Labute approximate surface area is 208 Å². The Morgan fingerprint density at radius 3 is 2.23 bits per heavy atom. The number of carbonyl (C=O) groups is 1. The third kappa shape index (κ3) is 4.73. The summed E-state index contributed by atoms with van der Waals surface area (Å²) >= 11 is 5.71. The Balaban J connectivity index is 1.63. The zero-order valence-corrected chi connectivity index (χ0v) is 21.2. The average Bonchev–Trinajstić information content (AvgIpc) is 3.18. The van der Waals surface area contributed by atoms with Gasteiger partial charge in [0.2, 0.25) is 0 Å². The van der Waals surface area contributed by atoms with Gasteiger partial charge in [-0.25, -0.2) is 13.8 Å². The molecule has 1 saturated heterocycles. The van der Waals surface area contributed by atoms with Crippen LogP contribution in [0.15, 0.2) is 24.3 Å². The first-order valence-corrected chi connectivity index (χ1v) is 12.6. The fourth-order valence-electron chi connectivity index (χ4n) is 5.01. The highest BCUT2D eigenvalue weighted by Gasteiger charge is 2.47. The third-order valence-electron chi connectivity index (χ3n) is 6.67. The molecular weight excluding hydrogens is 472 g/mol. The van der Waals surface area contributed by atoms with E-state index in [1.165, 1.54) is 18.6 Å². The van der Waals surface area contributed by atoms with Crippen molar-refractivity contribution in [2.75, 3.05) is 31.1 Å². The number of carbonyl (C=O) groups excluding carboxylic acids is 1. The van der Waals surface area contributed by atoms with Crippen LogP contribution in [0.1, 0.15) is 44.6 Å². The maximum Gasteiger partial charge on any atom is 0.274 e. The van der Waals surface area contributed by atoms with E-state index in [2.05, 4.69) is 42.7 Å². The lowest BCUT2D eigenvalue weighted by Gasteiger charge is -2.29. The summed E-state index contributed by atoms with van der Waals surface area (Å²) in [4.78, 5) is 21.9. The third-order valence-corrected chi connectivity index (χ3v) is 7.03. The molecule has 5 rings (SSSR count). The number of aromatic nitrogens is 3. The first-order valence-electron chi connectivity index (χ1n) is 12.2. The fraction of sp³-hybridized carbons (Fsp3) is 0.500. The lowest BCUT2D eigenvalue weighted by molar-refractivity contribution is 0.0769. The van der Waals surface area contributed by atoms with E-state index in [1.54, 1.807) is 16.6 Å². The van der Waals surface area contributed by atoms with Crippen LogP contribution in [0.5, 0.6) is 0 Å². The summed E-state index contributed by atoms with van der Waals surface area (Å²) in [6.07, 6.45) is 1.21. The standard InChI is InChI=1S/C26H30ClF2N5O/c1-14(2)10-32(11-15(3)4)24-9-21(16-6-19(28)25(27)20(29)7-16)30-23-8-22(31-34(23)24)26(35)33-12-17-5-18(17)13-33/h6-9,14-15,17-18H,5,10-13H2,1-4H3. The monoisotopic (exact) mass is 501 g/mol. The maximum atomic E-state index is 14.3. The molecule has 2 unspecified atom stereocenters. The maximum absolute atomic E-state index is 14.3. The van der Waals surface area contributed by atoms with E-state index in [9.17, 15) is 13.6 Å². The van der Waals surface area contributed by atoms with E-state index in [-0.39, 0.29) is 11.5 Å². The van der Waals surface area contributed by atoms with Crippen molar-refractivity contribution in [2.24, 2.45) is 23.7 Å². The number of hydrogen-bond donors (Lipinski definition) is 0. The Kier molecular flexibility index (Phi) is 6.20. The van der Waals surface area contributed by atoms with Crippen LogP contribution in [-0.4, -0.2) is 51.6 Å². The van der Waals surface area contributed by atoms with Crippen molar-refractivity contribution >= 4 is 29.0 Å². The van der Waals surface area contributed by atoms with Crippen LogP contribution >= 0.6 is 11.6 Å². The van der Waals surface area contributed by atoms with Gasteiger partial charge in [-0.1, -0.05) is 39.3 Å². The SMILES string of the molecule is CC(C)CN(CC(C)C)c1cc(-c2cc(F)c(Cl)c(F)c2)nc2cc(C(=O)N3CC4CC4C3)nn12. The molecule has 2 aromatic heterocycles. The fourth-order valence-corrected chi connectivity index (χ4v) is 5.12. The molecule has 186 valence electrons. The van der Waals surface area contributed by atoms with Crippen molar-refractivity contribution < 1.29 is 13.6 Å². The van der Waals surface area contributed by atoms with Gasteiger partial charge in [0.1, 0.15) is 22.5 Å². The molecule has 1 saturated carbocycles. The van der Waals surface area contributed by atoms with E-state index in [4.69, 9.17) is 11.6 Å². The van der Waals surface area contributed by atoms with Crippen LogP contribution in [0.3, 0.4) is 0 Å². The first-order chi connectivity index (χ1) is 16.6. The van der Waals surface area contributed by atoms with Gasteiger partial charge in [-0.15, -0.1) is 0 Å². The zero-order valence-electron chi connectivity index (χ0n) is 20.4. The molecule has 9 heteroatoms. The molecule has 3 aromatic rings. The van der Waals surface area contributed by atoms with Crippen LogP contribution < -0.4 is 4.90 Å². The first kappa shape index (κ1) is 24.0. The quantitative estimate of drug-likeness (QED) is 0.399. The van der Waals surface area contributed by atoms with E-state index in [0.717, 1.165) is 32.0 Å². The Morgan fingerprint density at radius 2 is 1.66 bits per heavy atom. The van der Waals surface area contributed by atoms with Gasteiger partial charge in [0.15, 0.2) is 11.3 Å². The predicted octanol–water partition coefficient (Wildman–Crippen LogP) is 5.54. The molecule has 2 atom stereocenters. The average molecular weight is 502 g/mol. The molecule has 1 aromatic carbocycles. The zero-order chi connectivity index (χ0) is 25.0. The van der Waals surface area contributed by atoms with Crippen LogP contribution in [0.25, 0.3) is 16.9 Å². The van der Waals surface area contributed by atoms with Gasteiger partial charge >= 0.3 is 0 Å². The van der Waals surface area contributed by atoms with Crippen LogP contribution in [0, 0.1) is 35.3 Å². The normalized spacial score (nSPS) is 19.2. The van der Waals surface area contributed by atoms with Gasteiger partial charge in [-0.05, 0) is 42.2 Å². The number of anilines is 1. The number of nitrogens with zero attached hydrogens (tertiary/aromatic N) is 5. The molecule has 0 spiro atoms. The molecule has 1 amide bonds. The summed E-state index contributed by atoms with van der Waals surface area (Å²) in [7, 11) is 0. The van der Waals surface area contributed by atoms with Crippen LogP contribution in [0.2, 0.25) is 5.02 Å². The topological polar surface area (TPSA) is 53.7 Å². The molecule has 1 aliphatic carbocycles. The number of halogens is 3. The molecule has 0 N–H and O–H groups in total. The highest BCUT2D eigenvalue weighted by Crippen LogP contribution is 2.45. The van der Waals surface area contributed by atoms with Crippen molar-refractivity contribution in [3.05, 3.63) is 46.6 Å². The number of hydrogen-bond acceptors (Lipinski definition) is 4. The minimum Gasteiger partial charge on any atom is -0.356 e. The van der Waals surface area contributed by atoms with Gasteiger partial charge in [-0.2, -0.15) is 9.61 Å². The van der Waals surface area contributed by atoms with Crippen molar-refractivity contribution in [1.29, 1.82) is 0 Å². The summed E-state index contributed by atoms with van der Waals surface area (Å²) in [5.74, 6) is 0.908. The van der Waals surface area contributed by atoms with Gasteiger partial charge < -0.3 is 9.80 Å². The van der Waals surface area contributed by atoms with Crippen LogP contribution in [0.4, 0.5) is 14.6 Å². The molecule has 2 aliphatic rings. The number of likely N-dealkylation sites (tertiary alicyclic amines) is 1. The second-order valence-corrected chi connectivity index (χ2v) is 11.1. The lowest BCUT2D eigenvalue weighted by atomic mass is 10.1. The molecule has 2 fully saturated rings. The van der Waals surface area contributed by atoms with Crippen molar-refractivity contribution in [3.8, 4) is 11.3 Å². The van der Waals surface area contributed by atoms with Crippen molar-refractivity contribution in [1.82, 2.24) is 19.5 Å². The number of rotatable bonds is 7. The minimum atomic E-state index is -0.844. The minimum absolute atomic E-state index is 0.0990. The largest absolute Gasteiger partial charge is 0.356 e. The molecule has 0 radical (unpaired) electrons. The van der Waals surface area contributed by atoms with E-state index >= 15 is 0 Å². The van der Waals surface area contributed by atoms with Gasteiger partial charge in [-0.3, -0.25) is 4.79 Å². The smallest absolute Gasteiger partial charge is 0.274 e. The van der Waals surface area contributed by atoms with E-state index in [0.29, 0.717) is 40.7 Å².